The van der Waals surface area contributed by atoms with E-state index in [4.69, 9.17) is 0 Å². The summed E-state index contributed by atoms with van der Waals surface area (Å²) in [4.78, 5) is 7.28. The maximum Gasteiger partial charge on any atom is 0.110 e. The highest BCUT2D eigenvalue weighted by Crippen LogP contribution is 2.29. The lowest BCUT2D eigenvalue weighted by atomic mass is 9.85. The topological polar surface area (TPSA) is 33.1 Å². The molecule has 4 nitrogen and oxygen atoms in total. The maximum absolute atomic E-state index is 4.60. The number of likely N-dealkylation sites (N-methyl/N-ethyl adjacent to an activating group) is 1. The minimum Gasteiger partial charge on any atom is -0.335 e. The molecule has 2 unspecified atom stereocenters. The largest absolute Gasteiger partial charge is 0.335 e. The smallest absolute Gasteiger partial charge is 0.110 e. The summed E-state index contributed by atoms with van der Waals surface area (Å²) < 4.78 is 2.31. The quantitative estimate of drug-likeness (QED) is 0.800. The van der Waals surface area contributed by atoms with Crippen LogP contribution in [0, 0.1) is 0 Å². The summed E-state index contributed by atoms with van der Waals surface area (Å²) in [5, 5.41) is 3.58. The zero-order valence-corrected chi connectivity index (χ0v) is 14.2. The van der Waals surface area contributed by atoms with Crippen molar-refractivity contribution in [3.8, 4) is 0 Å². The molecule has 4 heteroatoms. The number of nitrogens with zero attached hydrogens (tertiary/aromatic N) is 3. The molecule has 120 valence electrons. The minimum atomic E-state index is 0.217. The third-order valence-corrected chi connectivity index (χ3v) is 5.30. The maximum atomic E-state index is 4.60. The van der Waals surface area contributed by atoms with Crippen molar-refractivity contribution < 1.29 is 0 Å². The van der Waals surface area contributed by atoms with Gasteiger partial charge in [0.05, 0.1) is 0 Å². The van der Waals surface area contributed by atoms with Gasteiger partial charge in [0.25, 0.3) is 0 Å². The molecule has 0 aliphatic carbocycles. The first-order chi connectivity index (χ1) is 10.2. The van der Waals surface area contributed by atoms with Crippen molar-refractivity contribution in [1.82, 2.24) is 19.8 Å². The van der Waals surface area contributed by atoms with Crippen molar-refractivity contribution in [3.05, 3.63) is 18.2 Å². The molecule has 1 aromatic rings. The predicted octanol–water partition coefficient (Wildman–Crippen LogP) is 2.69. The van der Waals surface area contributed by atoms with E-state index in [1.165, 1.54) is 38.2 Å². The highest BCUT2D eigenvalue weighted by atomic mass is 15.2. The molecule has 1 saturated heterocycles. The van der Waals surface area contributed by atoms with Crippen LogP contribution in [0.1, 0.15) is 52.3 Å². The first-order valence-corrected chi connectivity index (χ1v) is 8.58. The van der Waals surface area contributed by atoms with E-state index in [2.05, 4.69) is 53.8 Å². The van der Waals surface area contributed by atoms with Crippen LogP contribution in [0.5, 0.6) is 0 Å². The predicted molar refractivity (Wildman–Crippen MR) is 88.6 cm³/mol. The van der Waals surface area contributed by atoms with Gasteiger partial charge < -0.3 is 9.88 Å². The van der Waals surface area contributed by atoms with Gasteiger partial charge in [-0.25, -0.2) is 4.98 Å². The first kappa shape index (κ1) is 16.5. The van der Waals surface area contributed by atoms with Crippen molar-refractivity contribution in [2.45, 2.75) is 71.0 Å². The fraction of sp³-hybridized carbons (Fsp3) is 0.824. The zero-order valence-electron chi connectivity index (χ0n) is 14.2. The van der Waals surface area contributed by atoms with Crippen LogP contribution in [0.3, 0.4) is 0 Å². The van der Waals surface area contributed by atoms with Gasteiger partial charge in [0, 0.05) is 36.9 Å². The normalized spacial score (nSPS) is 20.6. The van der Waals surface area contributed by atoms with Crippen LogP contribution >= 0.6 is 0 Å². The lowest BCUT2D eigenvalue weighted by Crippen LogP contribution is -2.58. The van der Waals surface area contributed by atoms with E-state index in [9.17, 15) is 0 Å². The van der Waals surface area contributed by atoms with Gasteiger partial charge in [-0.1, -0.05) is 13.8 Å². The average molecular weight is 292 g/mol. The van der Waals surface area contributed by atoms with Crippen LogP contribution in [0.2, 0.25) is 0 Å². The number of nitrogens with one attached hydrogen (secondary N) is 1. The van der Waals surface area contributed by atoms with Crippen molar-refractivity contribution in [2.75, 3.05) is 20.1 Å². The Hall–Kier alpha value is -0.870. The molecule has 0 saturated carbocycles. The van der Waals surface area contributed by atoms with E-state index >= 15 is 0 Å². The number of likely N-dealkylation sites (tertiary alicyclic amines) is 1. The Balaban J connectivity index is 2.15. The van der Waals surface area contributed by atoms with E-state index < -0.39 is 0 Å². The number of hydrogen-bond acceptors (Lipinski definition) is 3. The standard InChI is InChI=1S/C17H32N4/c1-5-10-20-13-9-19-16(20)14-15(18-4)17(3,6-2)21-11-7-8-12-21/h9,13,15,18H,5-8,10-12,14H2,1-4H3. The number of imidazole rings is 1. The van der Waals surface area contributed by atoms with Gasteiger partial charge in [-0.3, -0.25) is 4.90 Å². The Morgan fingerprint density at radius 2 is 2.05 bits per heavy atom. The van der Waals surface area contributed by atoms with Gasteiger partial charge >= 0.3 is 0 Å². The molecular formula is C17H32N4. The van der Waals surface area contributed by atoms with E-state index in [0.717, 1.165) is 19.4 Å². The van der Waals surface area contributed by atoms with Crippen LogP contribution in [-0.2, 0) is 13.0 Å². The molecule has 1 aliphatic rings. The molecule has 0 radical (unpaired) electrons. The second-order valence-electron chi connectivity index (χ2n) is 6.49. The Morgan fingerprint density at radius 1 is 1.33 bits per heavy atom. The zero-order chi connectivity index (χ0) is 15.3. The van der Waals surface area contributed by atoms with Crippen molar-refractivity contribution >= 4 is 0 Å². The van der Waals surface area contributed by atoms with Crippen LogP contribution in [0.25, 0.3) is 0 Å². The average Bonchev–Trinajstić information content (AvgIpc) is 3.16. The summed E-state index contributed by atoms with van der Waals surface area (Å²) in [5.74, 6) is 1.22. The molecule has 21 heavy (non-hydrogen) atoms. The fourth-order valence-corrected chi connectivity index (χ4v) is 3.71. The molecule has 2 heterocycles. The third-order valence-electron chi connectivity index (χ3n) is 5.30. The SMILES string of the molecule is CCCn1ccnc1CC(NC)C(C)(CC)N1CCCC1. The molecule has 1 fully saturated rings. The Labute approximate surface area is 129 Å². The number of hydrogen-bond donors (Lipinski definition) is 1. The van der Waals surface area contributed by atoms with Crippen molar-refractivity contribution in [2.24, 2.45) is 0 Å². The van der Waals surface area contributed by atoms with Gasteiger partial charge in [0.1, 0.15) is 5.82 Å². The van der Waals surface area contributed by atoms with Crippen LogP contribution < -0.4 is 5.32 Å². The molecular weight excluding hydrogens is 260 g/mol. The van der Waals surface area contributed by atoms with E-state index in [0.29, 0.717) is 6.04 Å². The monoisotopic (exact) mass is 292 g/mol. The lowest BCUT2D eigenvalue weighted by molar-refractivity contribution is 0.0861. The number of aryl methyl sites for hydroxylation is 1. The van der Waals surface area contributed by atoms with Crippen molar-refractivity contribution in [1.29, 1.82) is 0 Å². The Bertz CT molecular complexity index is 422. The second kappa shape index (κ2) is 7.41. The number of rotatable bonds is 8. The van der Waals surface area contributed by atoms with Crippen molar-refractivity contribution in [3.63, 3.8) is 0 Å². The molecule has 2 rings (SSSR count). The molecule has 1 aromatic heterocycles. The molecule has 0 spiro atoms. The van der Waals surface area contributed by atoms with Gasteiger partial charge in [-0.15, -0.1) is 0 Å². The summed E-state index contributed by atoms with van der Waals surface area (Å²) in [6, 6.07) is 0.443. The molecule has 1 aliphatic heterocycles. The Kier molecular flexibility index (Phi) is 5.82. The summed E-state index contributed by atoms with van der Waals surface area (Å²) in [5.41, 5.74) is 0.217. The molecule has 2 atom stereocenters. The summed E-state index contributed by atoms with van der Waals surface area (Å²) >= 11 is 0. The second-order valence-corrected chi connectivity index (χ2v) is 6.49. The van der Waals surface area contributed by atoms with Gasteiger partial charge in [-0.05, 0) is 52.7 Å². The first-order valence-electron chi connectivity index (χ1n) is 8.58. The highest BCUT2D eigenvalue weighted by Gasteiger charge is 2.39. The molecule has 0 bridgehead atoms. The van der Waals surface area contributed by atoms with E-state index in [1.807, 2.05) is 6.20 Å². The Morgan fingerprint density at radius 3 is 2.62 bits per heavy atom. The molecule has 0 amide bonds. The van der Waals surface area contributed by atoms with Gasteiger partial charge in [0.15, 0.2) is 0 Å². The summed E-state index contributed by atoms with van der Waals surface area (Å²) in [6.07, 6.45) is 10.1. The van der Waals surface area contributed by atoms with Gasteiger partial charge in [-0.2, -0.15) is 0 Å². The molecule has 0 aromatic carbocycles. The van der Waals surface area contributed by atoms with Crippen LogP contribution in [-0.4, -0.2) is 46.2 Å². The fourth-order valence-electron chi connectivity index (χ4n) is 3.71. The third kappa shape index (κ3) is 3.49. The number of aromatic nitrogens is 2. The summed E-state index contributed by atoms with van der Waals surface area (Å²) in [6.45, 7) is 10.5. The van der Waals surface area contributed by atoms with Crippen LogP contribution in [0.15, 0.2) is 12.4 Å². The van der Waals surface area contributed by atoms with E-state index in [1.54, 1.807) is 0 Å². The molecule has 1 N–H and O–H groups in total. The summed E-state index contributed by atoms with van der Waals surface area (Å²) in [7, 11) is 2.10. The minimum absolute atomic E-state index is 0.217. The lowest BCUT2D eigenvalue weighted by Gasteiger charge is -2.44. The highest BCUT2D eigenvalue weighted by molar-refractivity contribution is 5.04. The van der Waals surface area contributed by atoms with Gasteiger partial charge in [0.2, 0.25) is 0 Å². The van der Waals surface area contributed by atoms with Crippen LogP contribution in [0.4, 0.5) is 0 Å². The van der Waals surface area contributed by atoms with E-state index in [-0.39, 0.29) is 5.54 Å².